The smallest absolute Gasteiger partial charge is 0.275 e. The number of hydrogen-bond donors (Lipinski definition) is 1. The first-order chi connectivity index (χ1) is 13.6. The van der Waals surface area contributed by atoms with Crippen molar-refractivity contribution < 1.29 is 9.53 Å². The minimum absolute atomic E-state index is 0.148. The fourth-order valence-electron chi connectivity index (χ4n) is 2.66. The standard InChI is InChI=1S/C20H16N4O3S/c1-27-16-9-7-13(8-10-16)18(26)21-12-15-11-17(25)24-20(22-15)28-19(23-24)14-5-3-2-4-6-14/h2-11H,12H2,1H3,(H,21,26). The fourth-order valence-corrected chi connectivity index (χ4v) is 3.59. The van der Waals surface area contributed by atoms with Crippen molar-refractivity contribution >= 4 is 22.2 Å². The number of nitrogens with zero attached hydrogens (tertiary/aromatic N) is 3. The third kappa shape index (κ3) is 3.63. The highest BCUT2D eigenvalue weighted by atomic mass is 32.1. The second-order valence-electron chi connectivity index (χ2n) is 5.96. The van der Waals surface area contributed by atoms with Crippen LogP contribution in [0, 0.1) is 0 Å². The monoisotopic (exact) mass is 392 g/mol. The van der Waals surface area contributed by atoms with Crippen molar-refractivity contribution in [1.29, 1.82) is 0 Å². The first-order valence-electron chi connectivity index (χ1n) is 8.51. The zero-order valence-corrected chi connectivity index (χ0v) is 15.8. The van der Waals surface area contributed by atoms with Crippen LogP contribution in [0.2, 0.25) is 0 Å². The number of fused-ring (bicyclic) bond motifs is 1. The lowest BCUT2D eigenvalue weighted by Crippen LogP contribution is -2.25. The zero-order chi connectivity index (χ0) is 19.5. The predicted octanol–water partition coefficient (Wildman–Crippen LogP) is 2.76. The summed E-state index contributed by atoms with van der Waals surface area (Å²) >= 11 is 1.33. The van der Waals surface area contributed by atoms with Gasteiger partial charge in [-0.05, 0) is 24.3 Å². The van der Waals surface area contributed by atoms with E-state index in [1.165, 1.54) is 21.9 Å². The molecule has 140 valence electrons. The summed E-state index contributed by atoms with van der Waals surface area (Å²) in [5.41, 5.74) is 1.63. The van der Waals surface area contributed by atoms with E-state index in [-0.39, 0.29) is 18.0 Å². The van der Waals surface area contributed by atoms with Gasteiger partial charge >= 0.3 is 0 Å². The summed E-state index contributed by atoms with van der Waals surface area (Å²) in [6, 6.07) is 17.8. The van der Waals surface area contributed by atoms with Gasteiger partial charge in [0.15, 0.2) is 0 Å². The van der Waals surface area contributed by atoms with Gasteiger partial charge in [-0.3, -0.25) is 9.59 Å². The average molecular weight is 392 g/mol. The van der Waals surface area contributed by atoms with Crippen LogP contribution in [0.4, 0.5) is 0 Å². The highest BCUT2D eigenvalue weighted by Gasteiger charge is 2.12. The highest BCUT2D eigenvalue weighted by Crippen LogP contribution is 2.23. The van der Waals surface area contributed by atoms with Crippen LogP contribution in [-0.2, 0) is 6.54 Å². The SMILES string of the molecule is COc1ccc(C(=O)NCc2cc(=O)n3nc(-c4ccccc4)sc3n2)cc1. The Labute approximate surface area is 164 Å². The summed E-state index contributed by atoms with van der Waals surface area (Å²) in [6.45, 7) is 0.148. The lowest BCUT2D eigenvalue weighted by Gasteiger charge is -2.05. The van der Waals surface area contributed by atoms with Crippen LogP contribution in [0.3, 0.4) is 0 Å². The van der Waals surface area contributed by atoms with Crippen molar-refractivity contribution in [2.45, 2.75) is 6.54 Å². The van der Waals surface area contributed by atoms with Gasteiger partial charge in [0.25, 0.3) is 11.5 Å². The molecule has 0 saturated heterocycles. The molecular formula is C20H16N4O3S. The number of benzene rings is 2. The van der Waals surface area contributed by atoms with E-state index >= 15 is 0 Å². The van der Waals surface area contributed by atoms with Crippen LogP contribution in [0.25, 0.3) is 15.5 Å². The van der Waals surface area contributed by atoms with Gasteiger partial charge in [0.05, 0.1) is 19.3 Å². The molecule has 1 amide bonds. The highest BCUT2D eigenvalue weighted by molar-refractivity contribution is 7.19. The number of amides is 1. The number of carbonyl (C=O) groups excluding carboxylic acids is 1. The third-order valence-electron chi connectivity index (χ3n) is 4.10. The molecule has 0 aliphatic heterocycles. The Bertz CT molecular complexity index is 1180. The van der Waals surface area contributed by atoms with Crippen molar-refractivity contribution in [3.05, 3.63) is 82.3 Å². The summed E-state index contributed by atoms with van der Waals surface area (Å²) in [6.07, 6.45) is 0. The maximum absolute atomic E-state index is 12.4. The van der Waals surface area contributed by atoms with E-state index < -0.39 is 0 Å². The Balaban J connectivity index is 1.54. The molecule has 2 aromatic heterocycles. The Morgan fingerprint density at radius 3 is 2.61 bits per heavy atom. The molecule has 0 atom stereocenters. The topological polar surface area (TPSA) is 85.6 Å². The molecule has 0 aliphatic rings. The van der Waals surface area contributed by atoms with E-state index in [1.54, 1.807) is 31.4 Å². The average Bonchev–Trinajstić information content (AvgIpc) is 3.17. The molecule has 2 heterocycles. The number of ether oxygens (including phenoxy) is 1. The number of nitrogens with one attached hydrogen (secondary N) is 1. The van der Waals surface area contributed by atoms with E-state index in [0.717, 1.165) is 5.56 Å². The molecule has 7 nitrogen and oxygen atoms in total. The summed E-state index contributed by atoms with van der Waals surface area (Å²) in [5.74, 6) is 0.426. The molecule has 4 aromatic rings. The van der Waals surface area contributed by atoms with Gasteiger partial charge in [0.2, 0.25) is 4.96 Å². The van der Waals surface area contributed by atoms with Crippen LogP contribution in [0.5, 0.6) is 5.75 Å². The lowest BCUT2D eigenvalue weighted by atomic mass is 10.2. The van der Waals surface area contributed by atoms with Crippen LogP contribution < -0.4 is 15.6 Å². The summed E-state index contributed by atoms with van der Waals surface area (Å²) in [7, 11) is 1.57. The van der Waals surface area contributed by atoms with Crippen molar-refractivity contribution in [2.75, 3.05) is 7.11 Å². The molecule has 0 spiro atoms. The van der Waals surface area contributed by atoms with Crippen LogP contribution in [0.1, 0.15) is 16.1 Å². The van der Waals surface area contributed by atoms with E-state index in [0.29, 0.717) is 27.0 Å². The number of rotatable bonds is 5. The number of carbonyl (C=O) groups is 1. The number of methoxy groups -OCH3 is 1. The Morgan fingerprint density at radius 2 is 1.89 bits per heavy atom. The fraction of sp³-hybridized carbons (Fsp3) is 0.100. The molecule has 1 N–H and O–H groups in total. The first-order valence-corrected chi connectivity index (χ1v) is 9.33. The molecule has 0 bridgehead atoms. The molecular weight excluding hydrogens is 376 g/mol. The molecule has 0 unspecified atom stereocenters. The summed E-state index contributed by atoms with van der Waals surface area (Å²) in [5, 5.41) is 7.83. The van der Waals surface area contributed by atoms with Gasteiger partial charge in [0.1, 0.15) is 10.8 Å². The molecule has 0 radical (unpaired) electrons. The largest absolute Gasteiger partial charge is 0.497 e. The van der Waals surface area contributed by atoms with Crippen LogP contribution >= 0.6 is 11.3 Å². The molecule has 0 aliphatic carbocycles. The van der Waals surface area contributed by atoms with Crippen molar-refractivity contribution in [3.63, 3.8) is 0 Å². The van der Waals surface area contributed by atoms with E-state index in [2.05, 4.69) is 15.4 Å². The molecule has 28 heavy (non-hydrogen) atoms. The van der Waals surface area contributed by atoms with Gasteiger partial charge < -0.3 is 10.1 Å². The van der Waals surface area contributed by atoms with Crippen molar-refractivity contribution in [2.24, 2.45) is 0 Å². The van der Waals surface area contributed by atoms with Gasteiger partial charge in [0, 0.05) is 17.2 Å². The third-order valence-corrected chi connectivity index (χ3v) is 5.06. The van der Waals surface area contributed by atoms with Crippen LogP contribution in [0.15, 0.2) is 65.5 Å². The zero-order valence-electron chi connectivity index (χ0n) is 15.0. The van der Waals surface area contributed by atoms with Crippen molar-refractivity contribution in [3.8, 4) is 16.3 Å². The Morgan fingerprint density at radius 1 is 1.14 bits per heavy atom. The van der Waals surface area contributed by atoms with Gasteiger partial charge in [-0.25, -0.2) is 4.98 Å². The van der Waals surface area contributed by atoms with Gasteiger partial charge in [-0.2, -0.15) is 9.61 Å². The van der Waals surface area contributed by atoms with E-state index in [1.807, 2.05) is 30.3 Å². The molecule has 0 fully saturated rings. The molecule has 0 saturated carbocycles. The Kier molecular flexibility index (Phi) is 4.86. The van der Waals surface area contributed by atoms with E-state index in [4.69, 9.17) is 4.74 Å². The molecule has 2 aromatic carbocycles. The number of hydrogen-bond acceptors (Lipinski definition) is 6. The van der Waals surface area contributed by atoms with Gasteiger partial charge in [-0.15, -0.1) is 0 Å². The first kappa shape index (κ1) is 17.9. The van der Waals surface area contributed by atoms with Crippen LogP contribution in [-0.4, -0.2) is 27.6 Å². The molecule has 4 rings (SSSR count). The maximum Gasteiger partial charge on any atom is 0.275 e. The quantitative estimate of drug-likeness (QED) is 0.564. The maximum atomic E-state index is 12.4. The second-order valence-corrected chi connectivity index (χ2v) is 6.92. The van der Waals surface area contributed by atoms with E-state index in [9.17, 15) is 9.59 Å². The summed E-state index contributed by atoms with van der Waals surface area (Å²) < 4.78 is 6.36. The Hall–Kier alpha value is -3.52. The number of aromatic nitrogens is 3. The predicted molar refractivity (Wildman–Crippen MR) is 107 cm³/mol. The second kappa shape index (κ2) is 7.61. The van der Waals surface area contributed by atoms with Crippen molar-refractivity contribution in [1.82, 2.24) is 19.9 Å². The normalized spacial score (nSPS) is 10.8. The minimum Gasteiger partial charge on any atom is -0.497 e. The lowest BCUT2D eigenvalue weighted by molar-refractivity contribution is 0.0950. The minimum atomic E-state index is -0.280. The molecule has 8 heteroatoms. The summed E-state index contributed by atoms with van der Waals surface area (Å²) in [4.78, 5) is 29.6. The van der Waals surface area contributed by atoms with Gasteiger partial charge in [-0.1, -0.05) is 41.7 Å².